The number of rotatable bonds is 7. The number of benzene rings is 8. The second-order valence-electron chi connectivity index (χ2n) is 16.1. The molecule has 30 heteroatoms. The second-order valence-corrected chi connectivity index (χ2v) is 19.7. The molecule has 0 saturated carbocycles. The van der Waals surface area contributed by atoms with E-state index in [4.69, 9.17) is 0 Å². The van der Waals surface area contributed by atoms with Crippen LogP contribution in [0.1, 0.15) is 20.8 Å². The van der Waals surface area contributed by atoms with Crippen molar-refractivity contribution in [2.24, 2.45) is 0 Å². The molecule has 0 saturated heterocycles. The summed E-state index contributed by atoms with van der Waals surface area (Å²) in [6.07, 6.45) is -8.05. The van der Waals surface area contributed by atoms with E-state index in [0.29, 0.717) is 0 Å². The Kier molecular flexibility index (Phi) is 14.7. The number of hydrogen-bond donors (Lipinski definition) is 0. The summed E-state index contributed by atoms with van der Waals surface area (Å²) in [7, 11) is 0.137. The van der Waals surface area contributed by atoms with Crippen LogP contribution in [0, 0.1) is 163 Å². The molecule has 0 N–H and O–H groups in total. The van der Waals surface area contributed by atoms with Crippen molar-refractivity contribution in [1.29, 1.82) is 0 Å². The molecule has 402 valence electrons. The van der Waals surface area contributed by atoms with E-state index in [1.807, 2.05) is 0 Å². The molecule has 0 nitrogen and oxygen atoms in total. The molecule has 0 aliphatic carbocycles. The van der Waals surface area contributed by atoms with E-state index in [2.05, 4.69) is 20.8 Å². The van der Waals surface area contributed by atoms with E-state index < -0.39 is 234 Å². The van der Waals surface area contributed by atoms with E-state index in [0.717, 1.165) is 0 Å². The van der Waals surface area contributed by atoms with Gasteiger partial charge in [0.25, 0.3) is 0 Å². The normalized spacial score (nSPS) is 12.0. The molecule has 0 fully saturated rings. The van der Waals surface area contributed by atoms with Crippen molar-refractivity contribution in [2.75, 3.05) is 0 Å². The third kappa shape index (κ3) is 7.40. The molecule has 0 amide bonds. The minimum atomic E-state index is -8.05. The van der Waals surface area contributed by atoms with E-state index >= 15 is 105 Å². The van der Waals surface area contributed by atoms with Crippen LogP contribution in [-0.2, 0) is 0 Å². The molecule has 0 aliphatic heterocycles. The van der Waals surface area contributed by atoms with E-state index in [-0.39, 0.29) is 8.80 Å². The molecule has 0 heterocycles. The van der Waals surface area contributed by atoms with Crippen LogP contribution >= 0.6 is 0 Å². The van der Waals surface area contributed by atoms with E-state index in [1.165, 1.54) is 18.1 Å². The van der Waals surface area contributed by atoms with Gasteiger partial charge in [-0.25, -0.2) is 123 Å². The maximum absolute atomic E-state index is 17.3. The van der Waals surface area contributed by atoms with Crippen LogP contribution in [0.15, 0.2) is 0 Å². The largest absolute Gasteiger partial charge is 0.313 e. The summed E-state index contributed by atoms with van der Waals surface area (Å²) in [4.78, 5) is 0. The smallest absolute Gasteiger partial charge is 0.207 e. The van der Waals surface area contributed by atoms with Gasteiger partial charge in [-0.15, -0.1) is 21.9 Å². The van der Waals surface area contributed by atoms with Crippen molar-refractivity contribution in [3.8, 4) is 0 Å². The Balaban J connectivity index is 0.00000112. The molecule has 8 rings (SSSR count). The lowest BCUT2D eigenvalue weighted by atomic mass is 9.11. The molecule has 76 heavy (non-hydrogen) atoms. The summed E-state index contributed by atoms with van der Waals surface area (Å²) in [6.45, 7) is 6.92. The highest BCUT2D eigenvalue weighted by Crippen LogP contribution is 2.42. The molecule has 0 spiro atoms. The van der Waals surface area contributed by atoms with Gasteiger partial charge < -0.3 is 0 Å². The van der Waals surface area contributed by atoms with Gasteiger partial charge in [0.2, 0.25) is 0 Å². The molecular formula is C46H15BF28Si. The van der Waals surface area contributed by atoms with Gasteiger partial charge in [0, 0.05) is 0 Å². The van der Waals surface area contributed by atoms with Gasteiger partial charge in [0.15, 0.2) is 140 Å². The first kappa shape index (κ1) is 56.8. The van der Waals surface area contributed by atoms with Crippen LogP contribution < -0.4 is 21.9 Å². The molecule has 0 aliphatic rings. The summed E-state index contributed by atoms with van der Waals surface area (Å²) >= 11 is 0. The lowest BCUT2D eigenvalue weighted by molar-refractivity contribution is 0.410. The van der Waals surface area contributed by atoms with Crippen LogP contribution in [0.3, 0.4) is 0 Å². The monoisotopic (exact) mass is 1140 g/mol. The molecular weight excluding hydrogens is 1120 g/mol. The summed E-state index contributed by atoms with van der Waals surface area (Å²) in [5.41, 5.74) is -15.5. The summed E-state index contributed by atoms with van der Waals surface area (Å²) in [5.74, 6) is -104. The van der Waals surface area contributed by atoms with Crippen molar-refractivity contribution >= 4 is 79.9 Å². The summed E-state index contributed by atoms with van der Waals surface area (Å²) in [5, 5.41) is -27.0. The van der Waals surface area contributed by atoms with E-state index in [1.54, 1.807) is 0 Å². The van der Waals surface area contributed by atoms with Gasteiger partial charge in [0.1, 0.15) is 29.4 Å². The van der Waals surface area contributed by atoms with Gasteiger partial charge in [0.05, 0.1) is 39.7 Å². The van der Waals surface area contributed by atoms with Crippen LogP contribution in [0.4, 0.5) is 123 Å². The van der Waals surface area contributed by atoms with Crippen molar-refractivity contribution < 1.29 is 123 Å². The van der Waals surface area contributed by atoms with Gasteiger partial charge in [-0.2, -0.15) is 0 Å². The first-order valence-electron chi connectivity index (χ1n) is 20.6. The fourth-order valence-electron chi connectivity index (χ4n) is 9.34. The molecule has 8 aromatic carbocycles. The third-order valence-electron chi connectivity index (χ3n) is 12.7. The molecule has 0 bridgehead atoms. The standard InChI is InChI=1S/C40BF28.C6H15Si/c42-13-1-5(21(50)37(66)33(13)62)17(46)29(58)25(54)9(1)41(10-2-6(18(47)30(59)26(10)55)22(51)38(67)34(63)14(2)43,11-3-7(19(48)31(60)27(11)56)23(52)39(68)35(64)15(3)44)12-4-8(20(49)32(61)28(12)57)24(53)40(69)36(65)16(4)45;1-4-7(5-2)6-3/h;4-6H2,1-3H3/q-1;+1. The zero-order chi connectivity index (χ0) is 57.3. The van der Waals surface area contributed by atoms with E-state index in [9.17, 15) is 17.6 Å². The molecule has 8 aromatic rings. The summed E-state index contributed by atoms with van der Waals surface area (Å²) in [6, 6.07) is 4.37. The second kappa shape index (κ2) is 19.6. The molecule has 0 atom stereocenters. The highest BCUT2D eigenvalue weighted by molar-refractivity contribution is 7.23. The highest BCUT2D eigenvalue weighted by Gasteiger charge is 2.52. The maximum Gasteiger partial charge on any atom is 0.313 e. The van der Waals surface area contributed by atoms with Gasteiger partial charge in [-0.05, 0) is 42.3 Å². The number of fused-ring (bicyclic) bond motifs is 4. The van der Waals surface area contributed by atoms with Gasteiger partial charge in [-0.1, -0.05) is 0 Å². The van der Waals surface area contributed by atoms with Crippen LogP contribution in [-0.4, -0.2) is 14.9 Å². The fraction of sp³-hybridized carbons (Fsp3) is 0.130. The Morgan fingerprint density at radius 1 is 0.184 bits per heavy atom. The first-order chi connectivity index (χ1) is 35.3. The predicted molar refractivity (Wildman–Crippen MR) is 216 cm³/mol. The Bertz CT molecular complexity index is 3360. The fourth-order valence-corrected chi connectivity index (χ4v) is 10.8. The topological polar surface area (TPSA) is 0 Å². The van der Waals surface area contributed by atoms with Crippen molar-refractivity contribution in [1.82, 2.24) is 0 Å². The zero-order valence-electron chi connectivity index (χ0n) is 36.8. The Morgan fingerprint density at radius 2 is 0.303 bits per heavy atom. The average molecular weight is 1140 g/mol. The van der Waals surface area contributed by atoms with Gasteiger partial charge in [-0.3, -0.25) is 0 Å². The van der Waals surface area contributed by atoms with Crippen molar-refractivity contribution in [3.63, 3.8) is 0 Å². The molecule has 0 aromatic heterocycles. The lowest BCUT2D eigenvalue weighted by Crippen LogP contribution is -2.79. The Hall–Kier alpha value is -6.88. The predicted octanol–water partition coefficient (Wildman–Crippen LogP) is 14.1. The first-order valence-corrected chi connectivity index (χ1v) is 22.7. The molecule has 0 unspecified atom stereocenters. The minimum Gasteiger partial charge on any atom is -0.207 e. The zero-order valence-corrected chi connectivity index (χ0v) is 37.8. The maximum atomic E-state index is 17.3. The number of halogens is 28. The van der Waals surface area contributed by atoms with Crippen molar-refractivity contribution in [2.45, 2.75) is 38.9 Å². The van der Waals surface area contributed by atoms with Gasteiger partial charge >= 0.3 is 8.80 Å². The molecule has 0 radical (unpaired) electrons. The highest BCUT2D eigenvalue weighted by atomic mass is 28.3. The van der Waals surface area contributed by atoms with Crippen molar-refractivity contribution in [3.05, 3.63) is 163 Å². The quantitative estimate of drug-likeness (QED) is 0.0646. The third-order valence-corrected chi connectivity index (χ3v) is 15.7. The summed E-state index contributed by atoms with van der Waals surface area (Å²) < 4.78 is 446. The number of hydrogen-bond acceptors (Lipinski definition) is 0. The van der Waals surface area contributed by atoms with Crippen LogP contribution in [0.5, 0.6) is 0 Å². The lowest BCUT2D eigenvalue weighted by Gasteiger charge is -2.47. The van der Waals surface area contributed by atoms with Crippen LogP contribution in [0.2, 0.25) is 18.1 Å². The van der Waals surface area contributed by atoms with Crippen LogP contribution in [0.25, 0.3) is 43.1 Å². The Labute approximate surface area is 404 Å². The Morgan fingerprint density at radius 3 is 0.421 bits per heavy atom. The SMILES string of the molecule is CC[Si+](CC)CC.Fc1c(F)c(F)c2c([B-](c3c(F)c(F)c(F)c4c(F)c(F)c(F)c(F)c34)(c3c(F)c(F)c(F)c4c(F)c(F)c(F)c(F)c34)c3c(F)c(F)c(F)c4c(F)c(F)c(F)c(F)c34)c(F)c(F)c(F)c2c1F. The minimum absolute atomic E-state index is 0.137. The average Bonchev–Trinajstić information content (AvgIpc) is 3.39.